The number of halogens is 1. The number of nitrogens with one attached hydrogen (secondary N) is 1. The maximum absolute atomic E-state index is 11.7. The molecule has 1 saturated carbocycles. The maximum atomic E-state index is 11.7. The van der Waals surface area contributed by atoms with Gasteiger partial charge in [-0.05, 0) is 41.1 Å². The van der Waals surface area contributed by atoms with Crippen LogP contribution in [-0.4, -0.2) is 9.97 Å². The highest BCUT2D eigenvalue weighted by Gasteiger charge is 2.28. The van der Waals surface area contributed by atoms with Gasteiger partial charge in [-0.3, -0.25) is 4.79 Å². The zero-order valence-electron chi connectivity index (χ0n) is 9.72. The molecule has 1 fully saturated rings. The third-order valence-corrected chi connectivity index (χ3v) is 3.63. The lowest BCUT2D eigenvalue weighted by Crippen LogP contribution is -2.15. The molecular formula is C12H17BrN2O. The van der Waals surface area contributed by atoms with Crippen molar-refractivity contribution in [1.82, 2.24) is 9.97 Å². The van der Waals surface area contributed by atoms with Crippen molar-refractivity contribution in [3.63, 3.8) is 0 Å². The van der Waals surface area contributed by atoms with E-state index < -0.39 is 0 Å². The van der Waals surface area contributed by atoms with E-state index in [4.69, 9.17) is 0 Å². The molecule has 1 N–H and O–H groups in total. The van der Waals surface area contributed by atoms with Gasteiger partial charge in [-0.1, -0.05) is 13.8 Å². The van der Waals surface area contributed by atoms with Gasteiger partial charge in [0.25, 0.3) is 5.56 Å². The summed E-state index contributed by atoms with van der Waals surface area (Å²) >= 11 is 3.33. The molecule has 1 aromatic heterocycles. The quantitative estimate of drug-likeness (QED) is 0.924. The lowest BCUT2D eigenvalue weighted by molar-refractivity contribution is 0.572. The summed E-state index contributed by atoms with van der Waals surface area (Å²) in [5.74, 6) is 1.98. The van der Waals surface area contributed by atoms with Crippen molar-refractivity contribution in [1.29, 1.82) is 0 Å². The number of hydrogen-bond acceptors (Lipinski definition) is 2. The summed E-state index contributed by atoms with van der Waals surface area (Å²) in [6.45, 7) is 4.36. The first-order valence-corrected chi connectivity index (χ1v) is 6.65. The Morgan fingerprint density at radius 2 is 2.19 bits per heavy atom. The van der Waals surface area contributed by atoms with Crippen molar-refractivity contribution < 1.29 is 0 Å². The van der Waals surface area contributed by atoms with Crippen LogP contribution in [0.5, 0.6) is 0 Å². The van der Waals surface area contributed by atoms with Crippen LogP contribution in [0, 0.1) is 5.92 Å². The number of H-pyrrole nitrogens is 1. The zero-order valence-corrected chi connectivity index (χ0v) is 11.3. The number of aromatic amines is 1. The summed E-state index contributed by atoms with van der Waals surface area (Å²) < 4.78 is 0.628. The van der Waals surface area contributed by atoms with Crippen molar-refractivity contribution >= 4 is 15.9 Å². The van der Waals surface area contributed by atoms with Crippen LogP contribution in [0.3, 0.4) is 0 Å². The third kappa shape index (κ3) is 2.73. The second-order valence-corrected chi connectivity index (χ2v) is 5.71. The highest BCUT2D eigenvalue weighted by atomic mass is 79.9. The minimum Gasteiger partial charge on any atom is -0.310 e. The summed E-state index contributed by atoms with van der Waals surface area (Å²) in [5, 5.41) is 0. The molecule has 3 nitrogen and oxygen atoms in total. The van der Waals surface area contributed by atoms with Crippen LogP contribution in [-0.2, 0) is 6.42 Å². The molecule has 1 aliphatic carbocycles. The van der Waals surface area contributed by atoms with Crippen molar-refractivity contribution in [3.05, 3.63) is 26.3 Å². The number of rotatable bonds is 4. The standard InChI is InChI=1S/C12H17BrN2O/c1-7(2)3-6-9-14-11(8-4-5-8)10(13)12(16)15-9/h7-8H,3-6H2,1-2H3,(H,14,15,16). The van der Waals surface area contributed by atoms with E-state index in [9.17, 15) is 4.79 Å². The Labute approximate surface area is 104 Å². The van der Waals surface area contributed by atoms with Crippen LogP contribution in [0.4, 0.5) is 0 Å². The molecule has 1 aliphatic rings. The van der Waals surface area contributed by atoms with E-state index in [0.29, 0.717) is 16.3 Å². The van der Waals surface area contributed by atoms with E-state index in [1.807, 2.05) is 0 Å². The maximum Gasteiger partial charge on any atom is 0.265 e. The van der Waals surface area contributed by atoms with E-state index in [-0.39, 0.29) is 5.56 Å². The molecule has 4 heteroatoms. The molecule has 1 aromatic rings. The van der Waals surface area contributed by atoms with Gasteiger partial charge < -0.3 is 4.98 Å². The van der Waals surface area contributed by atoms with Crippen molar-refractivity contribution in [3.8, 4) is 0 Å². The minimum absolute atomic E-state index is 0.0318. The molecule has 16 heavy (non-hydrogen) atoms. The molecule has 0 amide bonds. The predicted molar refractivity (Wildman–Crippen MR) is 67.7 cm³/mol. The lowest BCUT2D eigenvalue weighted by Gasteiger charge is -2.07. The molecule has 2 rings (SSSR count). The third-order valence-electron chi connectivity index (χ3n) is 2.86. The molecule has 88 valence electrons. The molecule has 1 heterocycles. The van der Waals surface area contributed by atoms with E-state index in [1.54, 1.807) is 0 Å². The van der Waals surface area contributed by atoms with Crippen LogP contribution in [0.1, 0.15) is 50.5 Å². The molecule has 0 spiro atoms. The normalized spacial score (nSPS) is 15.8. The second-order valence-electron chi connectivity index (χ2n) is 4.92. The fourth-order valence-corrected chi connectivity index (χ4v) is 2.21. The highest BCUT2D eigenvalue weighted by molar-refractivity contribution is 9.10. The van der Waals surface area contributed by atoms with E-state index in [0.717, 1.165) is 24.4 Å². The summed E-state index contributed by atoms with van der Waals surface area (Å²) in [7, 11) is 0. The summed E-state index contributed by atoms with van der Waals surface area (Å²) in [4.78, 5) is 19.1. The number of aromatic nitrogens is 2. The highest BCUT2D eigenvalue weighted by Crippen LogP contribution is 2.41. The minimum atomic E-state index is -0.0318. The molecule has 0 radical (unpaired) electrons. The molecule has 0 bridgehead atoms. The SMILES string of the molecule is CC(C)CCc1nc(C2CC2)c(Br)c(=O)[nH]1. The Morgan fingerprint density at radius 1 is 1.50 bits per heavy atom. The number of hydrogen-bond donors (Lipinski definition) is 1. The van der Waals surface area contributed by atoms with Crippen LogP contribution >= 0.6 is 15.9 Å². The van der Waals surface area contributed by atoms with Crippen molar-refractivity contribution in [2.75, 3.05) is 0 Å². The number of aryl methyl sites for hydroxylation is 1. The average Bonchev–Trinajstić information content (AvgIpc) is 3.03. The van der Waals surface area contributed by atoms with Gasteiger partial charge >= 0.3 is 0 Å². The zero-order chi connectivity index (χ0) is 11.7. The van der Waals surface area contributed by atoms with Gasteiger partial charge in [-0.25, -0.2) is 4.98 Å². The first-order valence-electron chi connectivity index (χ1n) is 5.86. The van der Waals surface area contributed by atoms with Gasteiger partial charge in [0.05, 0.1) is 5.69 Å². The fraction of sp³-hybridized carbons (Fsp3) is 0.667. The van der Waals surface area contributed by atoms with Gasteiger partial charge in [0, 0.05) is 12.3 Å². The molecule has 0 atom stereocenters. The van der Waals surface area contributed by atoms with E-state index in [1.165, 1.54) is 12.8 Å². The Hall–Kier alpha value is -0.640. The summed E-state index contributed by atoms with van der Waals surface area (Å²) in [6.07, 6.45) is 4.26. The molecular weight excluding hydrogens is 268 g/mol. The van der Waals surface area contributed by atoms with E-state index >= 15 is 0 Å². The van der Waals surface area contributed by atoms with Gasteiger partial charge in [0.15, 0.2) is 0 Å². The predicted octanol–water partition coefficient (Wildman–Crippen LogP) is 3.00. The number of nitrogens with zero attached hydrogens (tertiary/aromatic N) is 1. The molecule has 0 aromatic carbocycles. The fourth-order valence-electron chi connectivity index (χ4n) is 1.70. The van der Waals surface area contributed by atoms with Crippen LogP contribution in [0.25, 0.3) is 0 Å². The Bertz CT molecular complexity index is 435. The smallest absolute Gasteiger partial charge is 0.265 e. The molecule has 0 aliphatic heterocycles. The topological polar surface area (TPSA) is 45.8 Å². The van der Waals surface area contributed by atoms with Gasteiger partial charge in [-0.15, -0.1) is 0 Å². The molecule has 0 saturated heterocycles. The van der Waals surface area contributed by atoms with Crippen LogP contribution in [0.2, 0.25) is 0 Å². The van der Waals surface area contributed by atoms with Crippen molar-refractivity contribution in [2.24, 2.45) is 5.92 Å². The summed E-state index contributed by atoms with van der Waals surface area (Å²) in [6, 6.07) is 0. The van der Waals surface area contributed by atoms with Gasteiger partial charge in [-0.2, -0.15) is 0 Å². The summed E-state index contributed by atoms with van der Waals surface area (Å²) in [5.41, 5.74) is 0.929. The Balaban J connectivity index is 2.22. The van der Waals surface area contributed by atoms with Gasteiger partial charge in [0.1, 0.15) is 10.3 Å². The lowest BCUT2D eigenvalue weighted by atomic mass is 10.1. The Kier molecular flexibility index (Phi) is 3.47. The van der Waals surface area contributed by atoms with Crippen LogP contribution in [0.15, 0.2) is 9.27 Å². The molecule has 0 unspecified atom stereocenters. The largest absolute Gasteiger partial charge is 0.310 e. The first kappa shape index (κ1) is 11.8. The first-order chi connectivity index (χ1) is 7.58. The monoisotopic (exact) mass is 284 g/mol. The average molecular weight is 285 g/mol. The van der Waals surface area contributed by atoms with Crippen molar-refractivity contribution in [2.45, 2.75) is 45.4 Å². The van der Waals surface area contributed by atoms with Crippen LogP contribution < -0.4 is 5.56 Å². The van der Waals surface area contributed by atoms with Gasteiger partial charge in [0.2, 0.25) is 0 Å². The Morgan fingerprint density at radius 3 is 2.75 bits per heavy atom. The van der Waals surface area contributed by atoms with E-state index in [2.05, 4.69) is 39.7 Å². The second kappa shape index (κ2) is 4.70.